The molecule has 1 aromatic heterocycles. The van der Waals surface area contributed by atoms with Crippen LogP contribution >= 0.6 is 11.6 Å². The van der Waals surface area contributed by atoms with Gasteiger partial charge in [0.05, 0.1) is 16.9 Å². The van der Waals surface area contributed by atoms with E-state index in [2.05, 4.69) is 10.3 Å². The number of hydrogen-bond donors (Lipinski definition) is 2. The van der Waals surface area contributed by atoms with Gasteiger partial charge >= 0.3 is 0 Å². The van der Waals surface area contributed by atoms with Gasteiger partial charge in [-0.25, -0.2) is 0 Å². The quantitative estimate of drug-likeness (QED) is 0.680. The molecule has 0 radical (unpaired) electrons. The van der Waals surface area contributed by atoms with Crippen LogP contribution in [0.3, 0.4) is 0 Å². The highest BCUT2D eigenvalue weighted by Crippen LogP contribution is 2.32. The molecular weight excluding hydrogens is 270 g/mol. The molecule has 3 rings (SSSR count). The van der Waals surface area contributed by atoms with E-state index in [9.17, 15) is 0 Å². The van der Waals surface area contributed by atoms with Gasteiger partial charge in [0.1, 0.15) is 0 Å². The fourth-order valence-corrected chi connectivity index (χ4v) is 2.35. The number of benzene rings is 2. The smallest absolute Gasteiger partial charge is 0.0724 e. The summed E-state index contributed by atoms with van der Waals surface area (Å²) in [6.45, 7) is 1.98. The molecule has 0 unspecified atom stereocenters. The first-order chi connectivity index (χ1) is 9.66. The van der Waals surface area contributed by atoms with Crippen LogP contribution < -0.4 is 11.1 Å². The molecular formula is C16H14ClN3. The van der Waals surface area contributed by atoms with Gasteiger partial charge in [-0.05, 0) is 48.9 Å². The van der Waals surface area contributed by atoms with E-state index in [4.69, 9.17) is 17.3 Å². The van der Waals surface area contributed by atoms with Gasteiger partial charge in [0.25, 0.3) is 0 Å². The summed E-state index contributed by atoms with van der Waals surface area (Å²) >= 11 is 6.13. The highest BCUT2D eigenvalue weighted by molar-refractivity contribution is 6.31. The Balaban J connectivity index is 2.07. The third-order valence-electron chi connectivity index (χ3n) is 3.36. The summed E-state index contributed by atoms with van der Waals surface area (Å²) < 4.78 is 0. The first kappa shape index (κ1) is 12.8. The average molecular weight is 284 g/mol. The van der Waals surface area contributed by atoms with E-state index < -0.39 is 0 Å². The lowest BCUT2D eigenvalue weighted by Crippen LogP contribution is -1.99. The average Bonchev–Trinajstić information content (AvgIpc) is 2.47. The van der Waals surface area contributed by atoms with Gasteiger partial charge < -0.3 is 11.1 Å². The Hall–Kier alpha value is -2.26. The lowest BCUT2D eigenvalue weighted by Gasteiger charge is -2.14. The molecule has 0 aliphatic heterocycles. The monoisotopic (exact) mass is 283 g/mol. The maximum absolute atomic E-state index is 6.22. The third kappa shape index (κ3) is 2.17. The third-order valence-corrected chi connectivity index (χ3v) is 3.77. The number of nitrogens with zero attached hydrogens (tertiary/aromatic N) is 1. The summed E-state index contributed by atoms with van der Waals surface area (Å²) in [5, 5.41) is 5.01. The summed E-state index contributed by atoms with van der Waals surface area (Å²) in [7, 11) is 0. The van der Waals surface area contributed by atoms with Crippen molar-refractivity contribution in [3.63, 3.8) is 0 Å². The van der Waals surface area contributed by atoms with Crippen molar-refractivity contribution < 1.29 is 0 Å². The van der Waals surface area contributed by atoms with Crippen LogP contribution in [0, 0.1) is 6.92 Å². The number of nitrogens with one attached hydrogen (secondary N) is 1. The van der Waals surface area contributed by atoms with E-state index in [0.29, 0.717) is 5.69 Å². The minimum absolute atomic E-state index is 0.690. The number of halogens is 1. The second-order valence-electron chi connectivity index (χ2n) is 4.63. The van der Waals surface area contributed by atoms with Crippen LogP contribution in [0.15, 0.2) is 48.7 Å². The first-order valence-electron chi connectivity index (χ1n) is 6.32. The Kier molecular flexibility index (Phi) is 3.20. The van der Waals surface area contributed by atoms with Crippen LogP contribution in [-0.2, 0) is 0 Å². The number of anilines is 3. The summed E-state index contributed by atoms with van der Waals surface area (Å²) in [6, 6.07) is 13.5. The molecule has 0 spiro atoms. The maximum atomic E-state index is 6.22. The van der Waals surface area contributed by atoms with Crippen LogP contribution in [0.5, 0.6) is 0 Å². The minimum Gasteiger partial charge on any atom is -0.396 e. The van der Waals surface area contributed by atoms with Gasteiger partial charge in [-0.15, -0.1) is 0 Å². The van der Waals surface area contributed by atoms with Crippen LogP contribution in [0.1, 0.15) is 5.56 Å². The van der Waals surface area contributed by atoms with Crippen molar-refractivity contribution in [2.45, 2.75) is 6.92 Å². The molecule has 2 aromatic carbocycles. The van der Waals surface area contributed by atoms with Crippen molar-refractivity contribution in [1.29, 1.82) is 0 Å². The summed E-state index contributed by atoms with van der Waals surface area (Å²) in [5.74, 6) is 0. The number of rotatable bonds is 2. The normalized spacial score (nSPS) is 10.7. The Bertz CT molecular complexity index is 784. The molecule has 0 atom stereocenters. The van der Waals surface area contributed by atoms with Gasteiger partial charge in [-0.2, -0.15) is 0 Å². The second kappa shape index (κ2) is 5.02. The first-order valence-corrected chi connectivity index (χ1v) is 6.70. The largest absolute Gasteiger partial charge is 0.396 e. The number of nitrogens with two attached hydrogens (primary N) is 1. The Morgan fingerprint density at radius 3 is 2.75 bits per heavy atom. The number of hydrogen-bond acceptors (Lipinski definition) is 3. The van der Waals surface area contributed by atoms with Crippen LogP contribution in [0.25, 0.3) is 10.9 Å². The van der Waals surface area contributed by atoms with Gasteiger partial charge in [-0.3, -0.25) is 4.98 Å². The van der Waals surface area contributed by atoms with Gasteiger partial charge in [0, 0.05) is 22.3 Å². The predicted octanol–water partition coefficient (Wildman–Crippen LogP) is 4.52. The lowest BCUT2D eigenvalue weighted by molar-refractivity contribution is 1.40. The summed E-state index contributed by atoms with van der Waals surface area (Å²) in [6.07, 6.45) is 1.76. The molecule has 1 heterocycles. The Morgan fingerprint density at radius 2 is 1.90 bits per heavy atom. The zero-order chi connectivity index (χ0) is 14.1. The van der Waals surface area contributed by atoms with E-state index in [-0.39, 0.29) is 0 Å². The van der Waals surface area contributed by atoms with E-state index in [1.807, 2.05) is 49.4 Å². The molecule has 0 fully saturated rings. The zero-order valence-electron chi connectivity index (χ0n) is 11.0. The summed E-state index contributed by atoms with van der Waals surface area (Å²) in [5.41, 5.74) is 10.6. The van der Waals surface area contributed by atoms with E-state index >= 15 is 0 Å². The molecule has 4 heteroatoms. The van der Waals surface area contributed by atoms with Gasteiger partial charge in [-0.1, -0.05) is 17.7 Å². The Labute approximate surface area is 122 Å². The second-order valence-corrected chi connectivity index (χ2v) is 5.04. The number of fused-ring (bicyclic) bond motifs is 1. The molecule has 0 bridgehead atoms. The molecule has 3 nitrogen and oxygen atoms in total. The highest BCUT2D eigenvalue weighted by Gasteiger charge is 2.07. The summed E-state index contributed by atoms with van der Waals surface area (Å²) in [4.78, 5) is 4.29. The molecule has 100 valence electrons. The molecule has 0 saturated carbocycles. The van der Waals surface area contributed by atoms with E-state index in [0.717, 1.165) is 32.9 Å². The minimum atomic E-state index is 0.690. The SMILES string of the molecule is Cc1c(Cl)cccc1Nc1ccc2ncccc2c1N. The topological polar surface area (TPSA) is 50.9 Å². The van der Waals surface area contributed by atoms with Gasteiger partial charge in [0.2, 0.25) is 0 Å². The maximum Gasteiger partial charge on any atom is 0.0724 e. The molecule has 0 saturated heterocycles. The molecule has 0 amide bonds. The molecule has 3 N–H and O–H groups in total. The van der Waals surface area contributed by atoms with Crippen LogP contribution in [-0.4, -0.2) is 4.98 Å². The molecule has 3 aromatic rings. The fourth-order valence-electron chi connectivity index (χ4n) is 2.17. The number of nitrogen functional groups attached to an aromatic ring is 1. The predicted molar refractivity (Wildman–Crippen MR) is 85.6 cm³/mol. The van der Waals surface area contributed by atoms with Crippen molar-refractivity contribution in [1.82, 2.24) is 4.98 Å². The van der Waals surface area contributed by atoms with Crippen molar-refractivity contribution >= 4 is 39.6 Å². The molecule has 0 aliphatic rings. The van der Waals surface area contributed by atoms with E-state index in [1.54, 1.807) is 6.20 Å². The number of pyridine rings is 1. The highest BCUT2D eigenvalue weighted by atomic mass is 35.5. The van der Waals surface area contributed by atoms with Crippen LogP contribution in [0.4, 0.5) is 17.1 Å². The number of aromatic nitrogens is 1. The van der Waals surface area contributed by atoms with Crippen molar-refractivity contribution in [2.75, 3.05) is 11.1 Å². The molecule has 0 aliphatic carbocycles. The van der Waals surface area contributed by atoms with Crippen molar-refractivity contribution in [3.8, 4) is 0 Å². The zero-order valence-corrected chi connectivity index (χ0v) is 11.8. The van der Waals surface area contributed by atoms with Gasteiger partial charge in [0.15, 0.2) is 0 Å². The lowest BCUT2D eigenvalue weighted by atomic mass is 10.1. The van der Waals surface area contributed by atoms with E-state index in [1.165, 1.54) is 0 Å². The van der Waals surface area contributed by atoms with Crippen molar-refractivity contribution in [2.24, 2.45) is 0 Å². The standard InChI is InChI=1S/C16H14ClN3/c1-10-12(17)5-2-6-13(10)20-15-8-7-14-11(16(15)18)4-3-9-19-14/h2-9,20H,18H2,1H3. The van der Waals surface area contributed by atoms with Crippen LogP contribution in [0.2, 0.25) is 5.02 Å². The molecule has 20 heavy (non-hydrogen) atoms. The Morgan fingerprint density at radius 1 is 1.05 bits per heavy atom. The fraction of sp³-hybridized carbons (Fsp3) is 0.0625. The van der Waals surface area contributed by atoms with Crippen molar-refractivity contribution in [3.05, 3.63) is 59.2 Å².